The van der Waals surface area contributed by atoms with Gasteiger partial charge in [0.25, 0.3) is 0 Å². The number of carbonyl (C=O) groups is 1. The molecular weight excluding hydrogens is 394 g/mol. The smallest absolute Gasteiger partial charge is 0.246 e. The Balaban J connectivity index is 0.00000364. The van der Waals surface area contributed by atoms with Crippen LogP contribution in [0.3, 0.4) is 0 Å². The first kappa shape index (κ1) is 23.6. The van der Waals surface area contributed by atoms with Gasteiger partial charge in [-0.3, -0.25) is 4.79 Å². The van der Waals surface area contributed by atoms with Gasteiger partial charge in [0.05, 0.1) is 26.7 Å². The zero-order chi connectivity index (χ0) is 19.4. The molecule has 8 nitrogen and oxygen atoms in total. The summed E-state index contributed by atoms with van der Waals surface area (Å²) in [5.74, 6) is 0.0344. The van der Waals surface area contributed by atoms with Gasteiger partial charge in [-0.05, 0) is 31.5 Å². The van der Waals surface area contributed by atoms with Crippen molar-refractivity contribution >= 4 is 28.3 Å². The molecule has 1 fully saturated rings. The van der Waals surface area contributed by atoms with Crippen molar-refractivity contribution in [1.82, 2.24) is 9.62 Å². The van der Waals surface area contributed by atoms with E-state index in [0.717, 1.165) is 0 Å². The molecule has 1 amide bonds. The van der Waals surface area contributed by atoms with Gasteiger partial charge in [0.2, 0.25) is 15.9 Å². The van der Waals surface area contributed by atoms with Crippen molar-refractivity contribution < 1.29 is 22.7 Å². The minimum absolute atomic E-state index is 0. The molecule has 1 heterocycles. The Morgan fingerprint density at radius 2 is 1.96 bits per heavy atom. The third-order valence-electron chi connectivity index (χ3n) is 3.92. The van der Waals surface area contributed by atoms with E-state index in [-0.39, 0.29) is 35.4 Å². The molecule has 1 aromatic rings. The van der Waals surface area contributed by atoms with Gasteiger partial charge in [0.15, 0.2) is 0 Å². The number of nitrogens with one attached hydrogen (secondary N) is 1. The van der Waals surface area contributed by atoms with Crippen LogP contribution in [0.2, 0.25) is 0 Å². The van der Waals surface area contributed by atoms with Gasteiger partial charge >= 0.3 is 0 Å². The first-order valence-electron chi connectivity index (χ1n) is 8.44. The second-order valence-corrected chi connectivity index (χ2v) is 8.85. The molecule has 0 radical (unpaired) electrons. The highest BCUT2D eigenvalue weighted by molar-refractivity contribution is 7.89. The summed E-state index contributed by atoms with van der Waals surface area (Å²) in [6.07, 6.45) is 0.0612. The number of nitrogens with two attached hydrogens (primary N) is 1. The summed E-state index contributed by atoms with van der Waals surface area (Å²) < 4.78 is 37.7. The van der Waals surface area contributed by atoms with Gasteiger partial charge in [-0.15, -0.1) is 12.4 Å². The lowest BCUT2D eigenvalue weighted by molar-refractivity contribution is -0.120. The molecule has 154 valence electrons. The Bertz CT molecular complexity index is 743. The van der Waals surface area contributed by atoms with Crippen molar-refractivity contribution in [1.29, 1.82) is 0 Å². The van der Waals surface area contributed by atoms with Crippen LogP contribution in [0.15, 0.2) is 23.1 Å². The van der Waals surface area contributed by atoms with E-state index in [1.54, 1.807) is 12.1 Å². The fourth-order valence-corrected chi connectivity index (χ4v) is 4.15. The summed E-state index contributed by atoms with van der Waals surface area (Å²) >= 11 is 0. The number of hydrogen-bond donors (Lipinski definition) is 2. The molecule has 1 aliphatic heterocycles. The van der Waals surface area contributed by atoms with E-state index >= 15 is 0 Å². The molecule has 27 heavy (non-hydrogen) atoms. The Hall–Kier alpha value is -1.39. The first-order valence-corrected chi connectivity index (χ1v) is 9.88. The minimum atomic E-state index is -3.72. The number of hydrogen-bond acceptors (Lipinski definition) is 6. The molecule has 10 heteroatoms. The van der Waals surface area contributed by atoms with Crippen molar-refractivity contribution in [2.45, 2.75) is 30.7 Å². The molecule has 0 aromatic heterocycles. The van der Waals surface area contributed by atoms with E-state index in [4.69, 9.17) is 15.2 Å². The van der Waals surface area contributed by atoms with E-state index in [0.29, 0.717) is 38.4 Å². The van der Waals surface area contributed by atoms with E-state index in [1.807, 2.05) is 13.8 Å². The van der Waals surface area contributed by atoms with Gasteiger partial charge in [0, 0.05) is 25.2 Å². The highest BCUT2D eigenvalue weighted by Crippen LogP contribution is 2.28. The number of sulfonamides is 1. The van der Waals surface area contributed by atoms with Crippen LogP contribution in [0.1, 0.15) is 19.4 Å². The number of nitrogens with zero attached hydrogens (tertiary/aromatic N) is 1. The van der Waals surface area contributed by atoms with Crippen molar-refractivity contribution in [3.8, 4) is 5.75 Å². The standard InChI is InChI=1S/C17H27N3O5S.ClH/c1-17(2,18)12-19-16(21)11-13-4-5-14(24-3)15(10-13)26(22,23)20-6-8-25-9-7-20;/h4-5,10H,6-9,11-12,18H2,1-3H3,(H,19,21);1H. The third-order valence-corrected chi connectivity index (χ3v) is 5.84. The fourth-order valence-electron chi connectivity index (χ4n) is 2.53. The Morgan fingerprint density at radius 3 is 2.52 bits per heavy atom. The van der Waals surface area contributed by atoms with Crippen molar-refractivity contribution in [2.24, 2.45) is 5.73 Å². The molecular formula is C17H28ClN3O5S. The number of methoxy groups -OCH3 is 1. The van der Waals surface area contributed by atoms with Gasteiger partial charge in [-0.25, -0.2) is 8.42 Å². The molecule has 0 unspecified atom stereocenters. The maximum absolute atomic E-state index is 12.9. The van der Waals surface area contributed by atoms with Gasteiger partial charge in [-0.1, -0.05) is 6.07 Å². The molecule has 0 bridgehead atoms. The second-order valence-electron chi connectivity index (χ2n) is 6.94. The summed E-state index contributed by atoms with van der Waals surface area (Å²) in [6, 6.07) is 4.75. The van der Waals surface area contributed by atoms with Crippen molar-refractivity contribution in [2.75, 3.05) is 40.0 Å². The van der Waals surface area contributed by atoms with E-state index < -0.39 is 15.6 Å². The predicted octanol–water partition coefficient (Wildman–Crippen LogP) is 0.534. The summed E-state index contributed by atoms with van der Waals surface area (Å²) in [6.45, 7) is 5.27. The number of benzene rings is 1. The van der Waals surface area contributed by atoms with Crippen LogP contribution in [0.5, 0.6) is 5.75 Å². The molecule has 0 spiro atoms. The van der Waals surface area contributed by atoms with Crippen LogP contribution in [-0.2, 0) is 26.0 Å². The predicted molar refractivity (Wildman–Crippen MR) is 105 cm³/mol. The van der Waals surface area contributed by atoms with Crippen molar-refractivity contribution in [3.05, 3.63) is 23.8 Å². The SMILES string of the molecule is COc1ccc(CC(=O)NCC(C)(C)N)cc1S(=O)(=O)N1CCOCC1.Cl. The maximum atomic E-state index is 12.9. The van der Waals surface area contributed by atoms with Gasteiger partial charge < -0.3 is 20.5 Å². The molecule has 1 aliphatic rings. The molecule has 0 saturated carbocycles. The lowest BCUT2D eigenvalue weighted by Crippen LogP contribution is -2.45. The summed E-state index contributed by atoms with van der Waals surface area (Å²) in [4.78, 5) is 12.2. The molecule has 3 N–H and O–H groups in total. The van der Waals surface area contributed by atoms with Crippen LogP contribution in [0.25, 0.3) is 0 Å². The monoisotopic (exact) mass is 421 g/mol. The van der Waals surface area contributed by atoms with E-state index in [2.05, 4.69) is 5.32 Å². The third kappa shape index (κ3) is 6.62. The maximum Gasteiger partial charge on any atom is 0.246 e. The lowest BCUT2D eigenvalue weighted by atomic mass is 10.1. The van der Waals surface area contributed by atoms with E-state index in [1.165, 1.54) is 17.5 Å². The molecule has 1 saturated heterocycles. The molecule has 1 aromatic carbocycles. The number of morpholine rings is 1. The number of ether oxygens (including phenoxy) is 2. The molecule has 0 aliphatic carbocycles. The van der Waals surface area contributed by atoms with Crippen LogP contribution < -0.4 is 15.8 Å². The normalized spacial score (nSPS) is 15.7. The quantitative estimate of drug-likeness (QED) is 0.664. The Morgan fingerprint density at radius 1 is 1.33 bits per heavy atom. The number of amides is 1. The topological polar surface area (TPSA) is 111 Å². The highest BCUT2D eigenvalue weighted by atomic mass is 35.5. The van der Waals surface area contributed by atoms with Crippen molar-refractivity contribution in [3.63, 3.8) is 0 Å². The average molecular weight is 422 g/mol. The number of carbonyl (C=O) groups excluding carboxylic acids is 1. The average Bonchev–Trinajstić information content (AvgIpc) is 2.60. The number of halogens is 1. The molecule has 2 rings (SSSR count). The Kier molecular flexibility index (Phi) is 8.49. The zero-order valence-electron chi connectivity index (χ0n) is 15.9. The van der Waals surface area contributed by atoms with Gasteiger partial charge in [-0.2, -0.15) is 4.31 Å². The highest BCUT2D eigenvalue weighted by Gasteiger charge is 2.29. The molecule has 0 atom stereocenters. The largest absolute Gasteiger partial charge is 0.495 e. The summed E-state index contributed by atoms with van der Waals surface area (Å²) in [5.41, 5.74) is 5.93. The van der Waals surface area contributed by atoms with Crippen LogP contribution >= 0.6 is 12.4 Å². The van der Waals surface area contributed by atoms with Crippen LogP contribution in [-0.4, -0.2) is 64.1 Å². The lowest BCUT2D eigenvalue weighted by Gasteiger charge is -2.26. The fraction of sp³-hybridized carbons (Fsp3) is 0.588. The second kappa shape index (κ2) is 9.70. The first-order chi connectivity index (χ1) is 12.1. The van der Waals surface area contributed by atoms with E-state index in [9.17, 15) is 13.2 Å². The zero-order valence-corrected chi connectivity index (χ0v) is 17.5. The summed E-state index contributed by atoms with van der Waals surface area (Å²) in [5, 5.41) is 2.75. The van der Waals surface area contributed by atoms with Gasteiger partial charge in [0.1, 0.15) is 10.6 Å². The number of rotatable bonds is 7. The minimum Gasteiger partial charge on any atom is -0.495 e. The summed E-state index contributed by atoms with van der Waals surface area (Å²) in [7, 11) is -2.30. The van der Waals surface area contributed by atoms with Crippen LogP contribution in [0.4, 0.5) is 0 Å². The Labute approximate surface area is 166 Å². The van der Waals surface area contributed by atoms with Crippen LogP contribution in [0, 0.1) is 0 Å².